The number of hydrogen-bond donors (Lipinski definition) is 0. The molecule has 3 aliphatic rings. The molecule has 11 aromatic carbocycles. The molecule has 0 unspecified atom stereocenters. The maximum Gasteiger partial charge on any atom is 0.338 e. The van der Waals surface area contributed by atoms with Gasteiger partial charge in [0.05, 0.1) is 77.2 Å². The van der Waals surface area contributed by atoms with E-state index in [1.165, 1.54) is 7.11 Å². The van der Waals surface area contributed by atoms with Gasteiger partial charge in [0.25, 0.3) is 8.32 Å². The Hall–Kier alpha value is -9.98. The second-order valence-corrected chi connectivity index (χ2v) is 34.6. The highest BCUT2D eigenvalue weighted by Crippen LogP contribution is 2.42. The highest BCUT2D eigenvalue weighted by atomic mass is 28.4. The molecule has 19 heteroatoms. The van der Waals surface area contributed by atoms with Crippen LogP contribution < -0.4 is 10.4 Å². The molecule has 0 radical (unpaired) electrons. The Morgan fingerprint density at radius 2 is 0.573 bits per heavy atom. The molecule has 0 aliphatic carbocycles. The molecule has 0 saturated carbocycles. The Balaban J connectivity index is 0.900. The first-order valence-electron chi connectivity index (χ1n) is 40.0. The number of esters is 2. The third-order valence-corrected chi connectivity index (χ3v) is 26.2. The summed E-state index contributed by atoms with van der Waals surface area (Å²) in [6.07, 6.45) is -18.0. The van der Waals surface area contributed by atoms with Crippen molar-refractivity contribution in [2.75, 3.05) is 26.9 Å². The van der Waals surface area contributed by atoms with E-state index in [-0.39, 0.29) is 77.2 Å². The van der Waals surface area contributed by atoms with E-state index in [0.29, 0.717) is 0 Å². The van der Waals surface area contributed by atoms with Crippen LogP contribution in [0.5, 0.6) is 0 Å². The maximum atomic E-state index is 15.4. The summed E-state index contributed by atoms with van der Waals surface area (Å²) >= 11 is 0. The largest absolute Gasteiger partial charge is 0.450 e. The van der Waals surface area contributed by atoms with Gasteiger partial charge in [0, 0.05) is 7.11 Å². The van der Waals surface area contributed by atoms with Crippen molar-refractivity contribution in [3.63, 3.8) is 0 Å². The molecule has 0 aromatic heterocycles. The predicted octanol–water partition coefficient (Wildman–Crippen LogP) is 16.0. The van der Waals surface area contributed by atoms with Crippen LogP contribution in [0.15, 0.2) is 334 Å². The van der Waals surface area contributed by atoms with E-state index in [1.54, 1.807) is 48.5 Å². The number of methoxy groups -OCH3 is 1. The van der Waals surface area contributed by atoms with Crippen LogP contribution in [0.2, 0.25) is 5.04 Å². The van der Waals surface area contributed by atoms with E-state index >= 15 is 4.79 Å². The van der Waals surface area contributed by atoms with Gasteiger partial charge >= 0.3 is 11.9 Å². The zero-order valence-corrected chi connectivity index (χ0v) is 67.3. The lowest BCUT2D eigenvalue weighted by Gasteiger charge is -2.51. The summed E-state index contributed by atoms with van der Waals surface area (Å²) in [5.74, 6) is -1.35. The minimum absolute atomic E-state index is 0.00723. The van der Waals surface area contributed by atoms with Crippen LogP contribution in [0.3, 0.4) is 0 Å². The van der Waals surface area contributed by atoms with Crippen molar-refractivity contribution in [3.05, 3.63) is 384 Å². The van der Waals surface area contributed by atoms with Crippen LogP contribution >= 0.6 is 0 Å². The lowest BCUT2D eigenvalue weighted by atomic mass is 9.95. The van der Waals surface area contributed by atoms with Crippen LogP contribution in [-0.4, -0.2) is 139 Å². The average Bonchev–Trinajstić information content (AvgIpc) is 0.754. The van der Waals surface area contributed by atoms with Gasteiger partial charge in [0.1, 0.15) is 61.0 Å². The van der Waals surface area contributed by atoms with E-state index in [2.05, 4.69) is 45.0 Å². The number of carbonyl (C=O) groups is 2. The van der Waals surface area contributed by atoms with Crippen LogP contribution in [0.25, 0.3) is 0 Å². The zero-order valence-electron chi connectivity index (χ0n) is 66.3. The molecule has 14 rings (SSSR count). The van der Waals surface area contributed by atoms with Crippen molar-refractivity contribution in [2.24, 2.45) is 0 Å². The van der Waals surface area contributed by atoms with Crippen LogP contribution in [0.1, 0.15) is 80.4 Å². The molecule has 3 heterocycles. The summed E-state index contributed by atoms with van der Waals surface area (Å²) in [4.78, 5) is 30.4. The molecule has 3 aliphatic heterocycles. The Bertz CT molecular complexity index is 4670. The molecular formula is C98H102O18Si. The second kappa shape index (κ2) is 41.9. The molecule has 3 saturated heterocycles. The summed E-state index contributed by atoms with van der Waals surface area (Å²) in [5, 5.41) is 1.59. The van der Waals surface area contributed by atoms with E-state index in [0.717, 1.165) is 49.3 Å². The Morgan fingerprint density at radius 3 is 0.932 bits per heavy atom. The SMILES string of the molecule is CO[C@H]1O[C@H](CO[C@H]2O[C@H](COCc3ccccc3)[C@@H](OCc3ccccc3)[C@H](OCc3ccccc3)[C@@H]2OC(=O)c2ccccc2)[C@@H](OCc2ccccc2)[C@H](O[C@H]2O[C@H](CO[Si](c3ccccc3)(c3ccccc3)C(C)(C)C)[C@@H](OCc3ccccc3)[C@H](OCc3ccccc3)[C@@H]2OC(=O)c2ccccc2)[C@@H]1OCc1ccccc1. The van der Waals surface area contributed by atoms with Gasteiger partial charge in [0.15, 0.2) is 31.1 Å². The Labute approximate surface area is 686 Å². The molecule has 117 heavy (non-hydrogen) atoms. The number of rotatable bonds is 37. The molecule has 0 N–H and O–H groups in total. The molecular weight excluding hydrogens is 1490 g/mol. The molecule has 3 fully saturated rings. The van der Waals surface area contributed by atoms with Gasteiger partial charge in [-0.1, -0.05) is 330 Å². The number of hydrogen-bond acceptors (Lipinski definition) is 18. The third kappa shape index (κ3) is 22.1. The molecule has 0 amide bonds. The number of carbonyl (C=O) groups excluding carboxylic acids is 2. The first-order chi connectivity index (χ1) is 57.4. The summed E-state index contributed by atoms with van der Waals surface area (Å²) in [6.45, 7) is 6.86. The summed E-state index contributed by atoms with van der Waals surface area (Å²) < 4.78 is 116. The second-order valence-electron chi connectivity index (χ2n) is 30.3. The maximum absolute atomic E-state index is 15.4. The summed E-state index contributed by atoms with van der Waals surface area (Å²) in [6, 6.07) is 107. The van der Waals surface area contributed by atoms with E-state index in [4.69, 9.17) is 75.5 Å². The first kappa shape index (κ1) is 83.5. The summed E-state index contributed by atoms with van der Waals surface area (Å²) in [5.41, 5.74) is 6.56. The quantitative estimate of drug-likeness (QED) is 0.0264. The fourth-order valence-corrected chi connectivity index (χ4v) is 19.9. The molecule has 0 spiro atoms. The third-order valence-electron chi connectivity index (χ3n) is 21.2. The zero-order chi connectivity index (χ0) is 80.4. The molecule has 11 aromatic rings. The van der Waals surface area contributed by atoms with Crippen molar-refractivity contribution >= 4 is 30.6 Å². The van der Waals surface area contributed by atoms with Crippen molar-refractivity contribution in [3.8, 4) is 0 Å². The number of ether oxygens (including phenoxy) is 15. The van der Waals surface area contributed by atoms with Crippen LogP contribution in [0, 0.1) is 0 Å². The van der Waals surface area contributed by atoms with Gasteiger partial charge in [-0.25, -0.2) is 9.59 Å². The van der Waals surface area contributed by atoms with Crippen molar-refractivity contribution in [2.45, 2.75) is 164 Å². The molecule has 0 bridgehead atoms. The van der Waals surface area contributed by atoms with Crippen molar-refractivity contribution in [1.82, 2.24) is 0 Å². The van der Waals surface area contributed by atoms with Gasteiger partial charge in [-0.05, 0) is 78.6 Å². The molecule has 606 valence electrons. The van der Waals surface area contributed by atoms with Gasteiger partial charge in [-0.3, -0.25) is 0 Å². The smallest absolute Gasteiger partial charge is 0.338 e. The average molecular weight is 1600 g/mol. The van der Waals surface area contributed by atoms with Gasteiger partial charge in [-0.2, -0.15) is 0 Å². The highest BCUT2D eigenvalue weighted by Gasteiger charge is 2.59. The monoisotopic (exact) mass is 1590 g/mol. The minimum atomic E-state index is -3.40. The van der Waals surface area contributed by atoms with Gasteiger partial charge < -0.3 is 75.5 Å². The van der Waals surface area contributed by atoms with Crippen LogP contribution in [0.4, 0.5) is 0 Å². The van der Waals surface area contributed by atoms with Crippen molar-refractivity contribution in [1.29, 1.82) is 0 Å². The fourth-order valence-electron chi connectivity index (χ4n) is 15.3. The lowest BCUT2D eigenvalue weighted by molar-refractivity contribution is -0.376. The Morgan fingerprint density at radius 1 is 0.291 bits per heavy atom. The van der Waals surface area contributed by atoms with Crippen molar-refractivity contribution < 1.29 is 85.1 Å². The van der Waals surface area contributed by atoms with Gasteiger partial charge in [-0.15, -0.1) is 0 Å². The predicted molar refractivity (Wildman–Crippen MR) is 445 cm³/mol. The lowest BCUT2D eigenvalue weighted by Crippen LogP contribution is -2.69. The Kier molecular flexibility index (Phi) is 29.9. The fraction of sp³-hybridized carbons (Fsp3) is 0.306. The first-order valence-corrected chi connectivity index (χ1v) is 41.9. The standard InChI is InChI=1S/C98H102O18Si/c1-98(2,3)117(79-56-34-14-35-57-79,80-58-36-15-37-59-80)110-69-83-85(104-62-72-42-20-7-21-43-72)88(107-65-75-48-26-10-27-49-75)92(115-94(100)78-54-32-13-33-55-78)97(113-83)116-89-86(105-63-73-44-22-8-23-45-73)82(111-95(101-4)90(89)108-66-76-50-28-11-29-51-76)68-109-96-91(114-93(99)77-52-30-12-31-53-77)87(106-64-74-46-24-9-25-47-74)84(103-61-71-40-18-6-19-41-71)81(112-96)67-102-60-70-38-16-5-17-39-70/h5-59,81-92,95-97H,60-69H2,1-4H3/t81-,82-,83-,84-,85-,86-,87+,88+,89+,90+,91+,92+,95+,96+,97-/m1/s1. The summed E-state index contributed by atoms with van der Waals surface area (Å²) in [7, 11) is -1.88. The normalized spacial score (nSPS) is 23.5. The molecule has 18 nitrogen and oxygen atoms in total. The van der Waals surface area contributed by atoms with Gasteiger partial charge in [0.2, 0.25) is 0 Å². The molecule has 15 atom stereocenters. The van der Waals surface area contributed by atoms with Crippen LogP contribution in [-0.2, 0) is 122 Å². The minimum Gasteiger partial charge on any atom is -0.450 e. The topological polar surface area (TPSA) is 182 Å². The van der Waals surface area contributed by atoms with E-state index < -0.39 is 117 Å². The highest BCUT2D eigenvalue weighted by molar-refractivity contribution is 6.99. The van der Waals surface area contributed by atoms with E-state index in [1.807, 2.05) is 261 Å². The van der Waals surface area contributed by atoms with E-state index in [9.17, 15) is 4.79 Å². The number of benzene rings is 11.